The van der Waals surface area contributed by atoms with E-state index in [0.29, 0.717) is 17.7 Å². The van der Waals surface area contributed by atoms with Crippen molar-refractivity contribution in [3.8, 4) is 0 Å². The van der Waals surface area contributed by atoms with Gasteiger partial charge < -0.3 is 15.4 Å². The molecular formula is C16H18N2O5. The van der Waals surface area contributed by atoms with Crippen LogP contribution in [0.3, 0.4) is 0 Å². The second-order valence-corrected chi connectivity index (χ2v) is 5.33. The molecule has 1 aliphatic rings. The molecule has 1 saturated heterocycles. The Bertz CT molecular complexity index is 656. The van der Waals surface area contributed by atoms with Crippen LogP contribution in [0.5, 0.6) is 0 Å². The van der Waals surface area contributed by atoms with Gasteiger partial charge in [0.2, 0.25) is 5.91 Å². The molecular weight excluding hydrogens is 300 g/mol. The zero-order chi connectivity index (χ0) is 17.0. The maximum absolute atomic E-state index is 12.1. The second-order valence-electron chi connectivity index (χ2n) is 5.33. The minimum Gasteiger partial charge on any atom is -0.451 e. The van der Waals surface area contributed by atoms with E-state index in [2.05, 4.69) is 10.6 Å². The number of anilines is 1. The molecule has 122 valence electrons. The zero-order valence-electron chi connectivity index (χ0n) is 12.9. The first kappa shape index (κ1) is 16.7. The topological polar surface area (TPSA) is 102 Å². The summed E-state index contributed by atoms with van der Waals surface area (Å²) in [6, 6.07) is 5.87. The van der Waals surface area contributed by atoms with Crippen LogP contribution in [0.15, 0.2) is 24.3 Å². The van der Waals surface area contributed by atoms with E-state index in [9.17, 15) is 19.2 Å². The van der Waals surface area contributed by atoms with Gasteiger partial charge in [-0.1, -0.05) is 12.1 Å². The molecule has 0 unspecified atom stereocenters. The summed E-state index contributed by atoms with van der Waals surface area (Å²) >= 11 is 0. The molecule has 0 aromatic heterocycles. The van der Waals surface area contributed by atoms with Gasteiger partial charge in [-0.25, -0.2) is 4.79 Å². The molecule has 1 fully saturated rings. The summed E-state index contributed by atoms with van der Waals surface area (Å²) in [7, 11) is 0. The van der Waals surface area contributed by atoms with E-state index in [4.69, 9.17) is 4.74 Å². The van der Waals surface area contributed by atoms with Gasteiger partial charge >= 0.3 is 5.97 Å². The van der Waals surface area contributed by atoms with Crippen molar-refractivity contribution in [2.75, 3.05) is 5.32 Å². The van der Waals surface area contributed by atoms with Crippen molar-refractivity contribution in [1.82, 2.24) is 5.32 Å². The van der Waals surface area contributed by atoms with E-state index in [0.717, 1.165) is 0 Å². The largest absolute Gasteiger partial charge is 0.451 e. The fourth-order valence-electron chi connectivity index (χ4n) is 2.23. The number of carbonyl (C=O) groups excluding carboxylic acids is 4. The van der Waals surface area contributed by atoms with Crippen molar-refractivity contribution in [1.29, 1.82) is 0 Å². The van der Waals surface area contributed by atoms with Gasteiger partial charge in [-0.05, 0) is 32.4 Å². The molecule has 7 heteroatoms. The number of benzene rings is 1. The summed E-state index contributed by atoms with van der Waals surface area (Å²) in [5.74, 6) is -1.58. The summed E-state index contributed by atoms with van der Waals surface area (Å²) in [6.07, 6.45) is -0.411. The van der Waals surface area contributed by atoms with E-state index in [1.165, 1.54) is 13.8 Å². The van der Waals surface area contributed by atoms with Crippen LogP contribution in [0, 0.1) is 0 Å². The van der Waals surface area contributed by atoms with Crippen molar-refractivity contribution in [3.05, 3.63) is 29.8 Å². The predicted molar refractivity (Wildman–Crippen MR) is 81.8 cm³/mol. The number of para-hydroxylation sites is 1. The Labute approximate surface area is 133 Å². The van der Waals surface area contributed by atoms with E-state index in [-0.39, 0.29) is 18.1 Å². The molecule has 2 atom stereocenters. The van der Waals surface area contributed by atoms with Gasteiger partial charge in [0.15, 0.2) is 11.9 Å². The number of hydrogen-bond donors (Lipinski definition) is 2. The van der Waals surface area contributed by atoms with Gasteiger partial charge in [-0.15, -0.1) is 0 Å². The minimum atomic E-state index is -1.04. The third-order valence-corrected chi connectivity index (χ3v) is 3.51. The molecule has 1 aliphatic heterocycles. The van der Waals surface area contributed by atoms with E-state index in [1.807, 2.05) is 0 Å². The quantitative estimate of drug-likeness (QED) is 0.624. The number of ketones is 1. The molecule has 0 aliphatic carbocycles. The number of nitrogens with one attached hydrogen (secondary N) is 2. The Hall–Kier alpha value is -2.70. The lowest BCUT2D eigenvalue weighted by Gasteiger charge is -2.17. The SMILES string of the molecule is CC(=O)c1ccccc1NC(=O)[C@H](C)OC(=O)[C@@H]1CCC(=O)N1. The van der Waals surface area contributed by atoms with Crippen LogP contribution in [0.25, 0.3) is 0 Å². The Morgan fingerprint density at radius 1 is 1.30 bits per heavy atom. The highest BCUT2D eigenvalue weighted by atomic mass is 16.5. The van der Waals surface area contributed by atoms with Crippen molar-refractivity contribution in [2.24, 2.45) is 0 Å². The van der Waals surface area contributed by atoms with Crippen molar-refractivity contribution in [2.45, 2.75) is 38.8 Å². The Morgan fingerprint density at radius 3 is 2.61 bits per heavy atom. The molecule has 7 nitrogen and oxygen atoms in total. The number of carbonyl (C=O) groups is 4. The molecule has 0 bridgehead atoms. The average molecular weight is 318 g/mol. The summed E-state index contributed by atoms with van der Waals surface area (Å²) in [6.45, 7) is 2.83. The van der Waals surface area contributed by atoms with Crippen molar-refractivity contribution in [3.63, 3.8) is 0 Å². The maximum Gasteiger partial charge on any atom is 0.329 e. The number of Topliss-reactive ketones (excluding diaryl/α,β-unsaturated/α-hetero) is 1. The van der Waals surface area contributed by atoms with Crippen LogP contribution >= 0.6 is 0 Å². The van der Waals surface area contributed by atoms with E-state index < -0.39 is 24.0 Å². The van der Waals surface area contributed by atoms with Crippen LogP contribution in [-0.4, -0.2) is 35.7 Å². The lowest BCUT2D eigenvalue weighted by atomic mass is 10.1. The fourth-order valence-corrected chi connectivity index (χ4v) is 2.23. The number of rotatable bonds is 5. The third kappa shape index (κ3) is 4.15. The van der Waals surface area contributed by atoms with Crippen molar-refractivity contribution < 1.29 is 23.9 Å². The van der Waals surface area contributed by atoms with Gasteiger partial charge in [0.1, 0.15) is 6.04 Å². The molecule has 0 spiro atoms. The molecule has 23 heavy (non-hydrogen) atoms. The molecule has 2 amide bonds. The summed E-state index contributed by atoms with van der Waals surface area (Å²) in [4.78, 5) is 46.6. The van der Waals surface area contributed by atoms with Crippen LogP contribution < -0.4 is 10.6 Å². The Balaban J connectivity index is 1.96. The lowest BCUT2D eigenvalue weighted by molar-refractivity contribution is -0.155. The fraction of sp³-hybridized carbons (Fsp3) is 0.375. The van der Waals surface area contributed by atoms with E-state index >= 15 is 0 Å². The van der Waals surface area contributed by atoms with Gasteiger partial charge in [0.25, 0.3) is 5.91 Å². The summed E-state index contributed by atoms with van der Waals surface area (Å²) in [5, 5.41) is 5.05. The molecule has 1 aromatic rings. The highest BCUT2D eigenvalue weighted by Gasteiger charge is 2.31. The van der Waals surface area contributed by atoms with Crippen LogP contribution in [0.2, 0.25) is 0 Å². The first-order valence-corrected chi connectivity index (χ1v) is 7.29. The third-order valence-electron chi connectivity index (χ3n) is 3.51. The highest BCUT2D eigenvalue weighted by Crippen LogP contribution is 2.16. The molecule has 0 radical (unpaired) electrons. The monoisotopic (exact) mass is 318 g/mol. The lowest BCUT2D eigenvalue weighted by Crippen LogP contribution is -2.39. The molecule has 0 saturated carbocycles. The van der Waals surface area contributed by atoms with Crippen LogP contribution in [0.4, 0.5) is 5.69 Å². The number of amides is 2. The predicted octanol–water partition coefficient (Wildman–Crippen LogP) is 1.04. The maximum atomic E-state index is 12.1. The first-order chi connectivity index (χ1) is 10.9. The normalized spacial score (nSPS) is 18.0. The Morgan fingerprint density at radius 2 is 2.00 bits per heavy atom. The summed E-state index contributed by atoms with van der Waals surface area (Å²) < 4.78 is 5.07. The Kier molecular flexibility index (Phi) is 5.10. The van der Waals surface area contributed by atoms with Crippen molar-refractivity contribution >= 4 is 29.3 Å². The van der Waals surface area contributed by atoms with Gasteiger partial charge in [-0.3, -0.25) is 14.4 Å². The molecule has 1 heterocycles. The number of hydrogen-bond acceptors (Lipinski definition) is 5. The van der Waals surface area contributed by atoms with Crippen LogP contribution in [0.1, 0.15) is 37.0 Å². The number of esters is 1. The van der Waals surface area contributed by atoms with Gasteiger partial charge in [0.05, 0.1) is 5.69 Å². The zero-order valence-corrected chi connectivity index (χ0v) is 12.9. The van der Waals surface area contributed by atoms with Gasteiger partial charge in [-0.2, -0.15) is 0 Å². The minimum absolute atomic E-state index is 0.181. The molecule has 2 rings (SSSR count). The van der Waals surface area contributed by atoms with Crippen LogP contribution in [-0.2, 0) is 19.1 Å². The highest BCUT2D eigenvalue weighted by molar-refractivity contribution is 6.04. The second kappa shape index (κ2) is 7.04. The average Bonchev–Trinajstić information content (AvgIpc) is 2.94. The first-order valence-electron chi connectivity index (χ1n) is 7.29. The summed E-state index contributed by atoms with van der Waals surface area (Å²) in [5.41, 5.74) is 0.740. The smallest absolute Gasteiger partial charge is 0.329 e. The standard InChI is InChI=1S/C16H18N2O5/c1-9(19)11-5-3-4-6-12(11)18-15(21)10(2)23-16(22)13-7-8-14(20)17-13/h3-6,10,13H,7-8H2,1-2H3,(H,17,20)(H,18,21)/t10-,13-/m0/s1. The molecule has 1 aromatic carbocycles. The van der Waals surface area contributed by atoms with E-state index in [1.54, 1.807) is 24.3 Å². The number of ether oxygens (including phenoxy) is 1. The molecule has 2 N–H and O–H groups in total. The van der Waals surface area contributed by atoms with Gasteiger partial charge in [0, 0.05) is 12.0 Å².